The molecule has 0 aromatic carbocycles. The van der Waals surface area contributed by atoms with Gasteiger partial charge in [-0.3, -0.25) is 0 Å². The fourth-order valence-corrected chi connectivity index (χ4v) is 2.98. The van der Waals surface area contributed by atoms with Gasteiger partial charge in [-0.2, -0.15) is 0 Å². The number of unbranched alkanes of at least 4 members (excludes halogenated alkanes) is 15. The van der Waals surface area contributed by atoms with Crippen molar-refractivity contribution in [2.24, 2.45) is 0 Å². The number of thiol groups is 1. The molecule has 0 rings (SSSR count). The van der Waals surface area contributed by atoms with E-state index in [0.29, 0.717) is 4.38 Å². The van der Waals surface area contributed by atoms with Gasteiger partial charge < -0.3 is 10.9 Å². The van der Waals surface area contributed by atoms with Crippen molar-refractivity contribution in [3.8, 4) is 0 Å². The molecule has 0 aromatic rings. The lowest BCUT2D eigenvalue weighted by molar-refractivity contribution is 0.308. The molecule has 2 nitrogen and oxygen atoms in total. The summed E-state index contributed by atoms with van der Waals surface area (Å²) in [5.74, 6) is 0. The summed E-state index contributed by atoms with van der Waals surface area (Å²) in [6, 6.07) is 0. The van der Waals surface area contributed by atoms with Crippen LogP contribution in [0.1, 0.15) is 110 Å². The Labute approximate surface area is 156 Å². The van der Waals surface area contributed by atoms with Crippen molar-refractivity contribution in [1.29, 1.82) is 0 Å². The van der Waals surface area contributed by atoms with Crippen molar-refractivity contribution < 1.29 is 4.74 Å². The van der Waals surface area contributed by atoms with E-state index in [1.54, 1.807) is 0 Å². The normalized spacial score (nSPS) is 10.3. The van der Waals surface area contributed by atoms with E-state index < -0.39 is 0 Å². The van der Waals surface area contributed by atoms with Crippen LogP contribution >= 0.6 is 24.8 Å². The Morgan fingerprint density at radius 2 is 0.957 bits per heavy atom. The van der Waals surface area contributed by atoms with Crippen molar-refractivity contribution >= 4 is 29.2 Å². The van der Waals surface area contributed by atoms with Gasteiger partial charge in [-0.25, -0.2) is 0 Å². The molecule has 0 aliphatic carbocycles. The highest BCUT2D eigenvalue weighted by Crippen LogP contribution is 2.13. The molecule has 4 heteroatoms. The zero-order valence-electron chi connectivity index (χ0n) is 15.5. The van der Waals surface area contributed by atoms with Crippen LogP contribution in [0, 0.1) is 0 Å². The topological polar surface area (TPSA) is 44.2 Å². The first-order chi connectivity index (χ1) is 10.8. The Hall–Kier alpha value is 0.200. The van der Waals surface area contributed by atoms with Gasteiger partial charge in [-0.15, -0.1) is 0 Å². The average molecular weight is 364 g/mol. The lowest BCUT2D eigenvalue weighted by atomic mass is 10.0. The highest BCUT2D eigenvalue weighted by molar-refractivity contribution is 8.10. The number of hydrogen-bond donors (Lipinski definition) is 2. The summed E-state index contributed by atoms with van der Waals surface area (Å²) in [6.45, 7) is 3.02. The predicted molar refractivity (Wildman–Crippen MR) is 112 cm³/mol. The van der Waals surface area contributed by atoms with Gasteiger partial charge >= 0.3 is 0 Å². The number of rotatable bonds is 17. The summed E-state index contributed by atoms with van der Waals surface area (Å²) in [5.41, 5.74) is 0. The van der Waals surface area contributed by atoms with Gasteiger partial charge in [0.15, 0.2) is 0 Å². The minimum atomic E-state index is 0. The van der Waals surface area contributed by atoms with E-state index in [1.807, 2.05) is 0 Å². The highest BCUT2D eigenvalue weighted by atomic mass is 32.1. The monoisotopic (exact) mass is 363 g/mol. The van der Waals surface area contributed by atoms with Crippen LogP contribution in [-0.2, 0) is 4.74 Å². The fourth-order valence-electron chi connectivity index (χ4n) is 2.81. The van der Waals surface area contributed by atoms with Crippen LogP contribution in [-0.4, -0.2) is 11.0 Å². The van der Waals surface area contributed by atoms with Crippen molar-refractivity contribution in [2.45, 2.75) is 110 Å². The average Bonchev–Trinajstić information content (AvgIpc) is 2.50. The molecule has 0 amide bonds. The van der Waals surface area contributed by atoms with Gasteiger partial charge in [0.25, 0.3) is 0 Å². The van der Waals surface area contributed by atoms with Gasteiger partial charge in [0.2, 0.25) is 4.38 Å². The van der Waals surface area contributed by atoms with Crippen LogP contribution in [0.5, 0.6) is 0 Å². The van der Waals surface area contributed by atoms with Crippen LogP contribution in [0.4, 0.5) is 0 Å². The van der Waals surface area contributed by atoms with Crippen LogP contribution in [0.2, 0.25) is 0 Å². The molecule has 0 aromatic heterocycles. The molecule has 0 unspecified atom stereocenters. The maximum atomic E-state index is 5.16. The molecule has 0 atom stereocenters. The zero-order valence-corrected chi connectivity index (χ0v) is 17.2. The number of thiocarbonyl (C=S) groups is 1. The lowest BCUT2D eigenvalue weighted by Crippen LogP contribution is -1.95. The van der Waals surface area contributed by atoms with Crippen LogP contribution < -0.4 is 6.15 Å². The molecule has 0 spiro atoms. The molecule has 140 valence electrons. The molecule has 0 radical (unpaired) electrons. The summed E-state index contributed by atoms with van der Waals surface area (Å²) in [6.07, 6.45) is 22.3. The Bertz CT molecular complexity index is 237. The molecule has 0 saturated heterocycles. The third kappa shape index (κ3) is 24.6. The standard InChI is InChI=1S/C19H38OS2.H3N/c1-2-3-4-5-6-7-8-9-10-11-12-13-14-15-16-17-18-20-19(21)22;/h2-18H2,1H3,(H,21,22);1H3. The van der Waals surface area contributed by atoms with Gasteiger partial charge in [-0.05, 0) is 18.6 Å². The minimum Gasteiger partial charge on any atom is -0.479 e. The van der Waals surface area contributed by atoms with E-state index >= 15 is 0 Å². The van der Waals surface area contributed by atoms with E-state index in [1.165, 1.54) is 96.3 Å². The number of ether oxygens (including phenoxy) is 1. The first kappa shape index (κ1) is 25.4. The van der Waals surface area contributed by atoms with E-state index in [9.17, 15) is 0 Å². The first-order valence-electron chi connectivity index (χ1n) is 9.63. The second kappa shape index (κ2) is 22.2. The summed E-state index contributed by atoms with van der Waals surface area (Å²) in [7, 11) is 0. The van der Waals surface area contributed by atoms with Crippen molar-refractivity contribution in [1.82, 2.24) is 6.15 Å². The fraction of sp³-hybridized carbons (Fsp3) is 0.947. The molecule has 0 aliphatic heterocycles. The second-order valence-electron chi connectivity index (χ2n) is 6.42. The third-order valence-corrected chi connectivity index (χ3v) is 4.47. The highest BCUT2D eigenvalue weighted by Gasteiger charge is 1.95. The lowest BCUT2D eigenvalue weighted by Gasteiger charge is -2.04. The third-order valence-electron chi connectivity index (χ3n) is 4.22. The van der Waals surface area contributed by atoms with Gasteiger partial charge in [0.1, 0.15) is 0 Å². The summed E-state index contributed by atoms with van der Waals surface area (Å²) >= 11 is 8.69. The smallest absolute Gasteiger partial charge is 0.216 e. The van der Waals surface area contributed by atoms with Crippen LogP contribution in [0.25, 0.3) is 0 Å². The minimum absolute atomic E-state index is 0. The van der Waals surface area contributed by atoms with Crippen LogP contribution in [0.3, 0.4) is 0 Å². The van der Waals surface area contributed by atoms with Gasteiger partial charge in [0.05, 0.1) is 6.61 Å². The predicted octanol–water partition coefficient (Wildman–Crippen LogP) is 7.64. The van der Waals surface area contributed by atoms with E-state index in [-0.39, 0.29) is 6.15 Å². The molecule has 0 heterocycles. The molecule has 0 fully saturated rings. The Morgan fingerprint density at radius 3 is 1.26 bits per heavy atom. The Kier molecular flexibility index (Phi) is 24.6. The van der Waals surface area contributed by atoms with Gasteiger partial charge in [0, 0.05) is 0 Å². The quantitative estimate of drug-likeness (QED) is 0.158. The van der Waals surface area contributed by atoms with E-state index in [0.717, 1.165) is 13.0 Å². The molecule has 23 heavy (non-hydrogen) atoms. The molecule has 0 aliphatic rings. The first-order valence-corrected chi connectivity index (χ1v) is 10.5. The molecule has 0 saturated carbocycles. The summed E-state index contributed by atoms with van der Waals surface area (Å²) in [4.78, 5) is 0. The maximum Gasteiger partial charge on any atom is 0.216 e. The molecule has 0 bridgehead atoms. The molecule has 3 N–H and O–H groups in total. The second-order valence-corrected chi connectivity index (χ2v) is 7.50. The Balaban J connectivity index is 0. The summed E-state index contributed by atoms with van der Waals surface area (Å²) < 4.78 is 5.53. The maximum absolute atomic E-state index is 5.16. The van der Waals surface area contributed by atoms with E-state index in [2.05, 4.69) is 19.6 Å². The van der Waals surface area contributed by atoms with Crippen molar-refractivity contribution in [2.75, 3.05) is 6.61 Å². The molecular formula is C19H41NOS2. The molecular weight excluding hydrogens is 322 g/mol. The number of hydrogen-bond acceptors (Lipinski definition) is 3. The largest absolute Gasteiger partial charge is 0.479 e. The summed E-state index contributed by atoms with van der Waals surface area (Å²) in [5, 5.41) is 0. The van der Waals surface area contributed by atoms with E-state index in [4.69, 9.17) is 17.0 Å². The van der Waals surface area contributed by atoms with Gasteiger partial charge in [-0.1, -0.05) is 116 Å². The van der Waals surface area contributed by atoms with Crippen LogP contribution in [0.15, 0.2) is 0 Å². The zero-order chi connectivity index (χ0) is 16.3. The van der Waals surface area contributed by atoms with Crippen molar-refractivity contribution in [3.05, 3.63) is 0 Å². The van der Waals surface area contributed by atoms with Crippen molar-refractivity contribution in [3.63, 3.8) is 0 Å². The SMILES string of the molecule is CCCCCCCCCCCCCCCCCCOC(=S)S.N. The Morgan fingerprint density at radius 1 is 0.652 bits per heavy atom.